The lowest BCUT2D eigenvalue weighted by Crippen LogP contribution is -2.49. The fourth-order valence-electron chi connectivity index (χ4n) is 3.54. The fraction of sp³-hybridized carbons (Fsp3) is 0.360. The lowest BCUT2D eigenvalue weighted by Gasteiger charge is -2.25. The van der Waals surface area contributed by atoms with Crippen LogP contribution in [0.1, 0.15) is 45.1 Å². The quantitative estimate of drug-likeness (QED) is 0.444. The Labute approximate surface area is 198 Å². The molecule has 33 heavy (non-hydrogen) atoms. The van der Waals surface area contributed by atoms with Crippen molar-refractivity contribution in [3.05, 3.63) is 60.2 Å². The molecule has 2 amide bonds. The molecule has 3 aromatic rings. The molecule has 0 spiro atoms. The molecular weight excluding hydrogens is 436 g/mol. The van der Waals surface area contributed by atoms with E-state index in [1.807, 2.05) is 75.4 Å². The number of amides is 2. The van der Waals surface area contributed by atoms with Gasteiger partial charge in [-0.05, 0) is 30.0 Å². The van der Waals surface area contributed by atoms with Gasteiger partial charge in [0.05, 0.1) is 13.0 Å². The Morgan fingerprint density at radius 1 is 1.00 bits per heavy atom. The van der Waals surface area contributed by atoms with E-state index >= 15 is 0 Å². The van der Waals surface area contributed by atoms with Gasteiger partial charge in [0.15, 0.2) is 0 Å². The molecule has 0 saturated heterocycles. The molecule has 0 radical (unpaired) electrons. The monoisotopic (exact) mass is 466 g/mol. The van der Waals surface area contributed by atoms with Gasteiger partial charge in [0.2, 0.25) is 16.9 Å². The van der Waals surface area contributed by atoms with Crippen LogP contribution in [-0.4, -0.2) is 35.2 Å². The highest BCUT2D eigenvalue weighted by Gasteiger charge is 2.29. The third-order valence-corrected chi connectivity index (χ3v) is 6.58. The molecule has 1 heterocycles. The number of methoxy groups -OCH3 is 1. The molecule has 0 fully saturated rings. The number of carbonyl (C=O) groups is 2. The molecule has 3 rings (SSSR count). The van der Waals surface area contributed by atoms with Crippen molar-refractivity contribution in [1.29, 1.82) is 0 Å². The zero-order valence-electron chi connectivity index (χ0n) is 19.4. The standard InChI is InChI=1S/C25H30N4O3S/c1-5-16(3)21(26-22(30)20(6-2)17-11-8-7-9-12-17)23(31)27-25-29-28-24(33-25)18-13-10-14-19(15-18)32-4/h7-16,20-21H,5-6H2,1-4H3,(H,26,30)(H,27,29,31)/t16-,20+,21+/m1/s1. The van der Waals surface area contributed by atoms with Crippen LogP contribution in [-0.2, 0) is 9.59 Å². The molecule has 0 saturated carbocycles. The second-order valence-electron chi connectivity index (χ2n) is 7.88. The Hall–Kier alpha value is -3.26. The summed E-state index contributed by atoms with van der Waals surface area (Å²) in [5, 5.41) is 15.2. The Morgan fingerprint density at radius 3 is 2.42 bits per heavy atom. The van der Waals surface area contributed by atoms with Crippen molar-refractivity contribution in [1.82, 2.24) is 15.5 Å². The van der Waals surface area contributed by atoms with Crippen LogP contribution in [0.5, 0.6) is 5.75 Å². The number of aromatic nitrogens is 2. The van der Waals surface area contributed by atoms with Crippen LogP contribution < -0.4 is 15.4 Å². The SMILES string of the molecule is CC[C@H](C(=O)N[C@H](C(=O)Nc1nnc(-c2cccc(OC)c2)s1)[C@H](C)CC)c1ccccc1. The summed E-state index contributed by atoms with van der Waals surface area (Å²) < 4.78 is 5.26. The van der Waals surface area contributed by atoms with Crippen molar-refractivity contribution >= 4 is 28.3 Å². The van der Waals surface area contributed by atoms with Gasteiger partial charge in [0.1, 0.15) is 16.8 Å². The van der Waals surface area contributed by atoms with E-state index in [0.29, 0.717) is 16.6 Å². The second-order valence-corrected chi connectivity index (χ2v) is 8.85. The van der Waals surface area contributed by atoms with Crippen LogP contribution in [0.4, 0.5) is 5.13 Å². The molecule has 2 aromatic carbocycles. The van der Waals surface area contributed by atoms with E-state index < -0.39 is 6.04 Å². The maximum Gasteiger partial charge on any atom is 0.249 e. The van der Waals surface area contributed by atoms with E-state index in [2.05, 4.69) is 20.8 Å². The van der Waals surface area contributed by atoms with Crippen LogP contribution in [0.3, 0.4) is 0 Å². The van der Waals surface area contributed by atoms with Gasteiger partial charge in [-0.25, -0.2) is 0 Å². The Morgan fingerprint density at radius 2 is 1.76 bits per heavy atom. The third-order valence-electron chi connectivity index (χ3n) is 5.69. The second kappa shape index (κ2) is 11.6. The number of rotatable bonds is 10. The first-order chi connectivity index (χ1) is 16.0. The smallest absolute Gasteiger partial charge is 0.249 e. The van der Waals surface area contributed by atoms with Crippen LogP contribution in [0.2, 0.25) is 0 Å². The topological polar surface area (TPSA) is 93.2 Å². The number of nitrogens with one attached hydrogen (secondary N) is 2. The maximum absolute atomic E-state index is 13.1. The molecule has 0 aliphatic heterocycles. The van der Waals surface area contributed by atoms with Crippen molar-refractivity contribution in [2.45, 2.75) is 45.6 Å². The Bertz CT molecular complexity index is 1070. The van der Waals surface area contributed by atoms with Gasteiger partial charge in [0.25, 0.3) is 0 Å². The summed E-state index contributed by atoms with van der Waals surface area (Å²) in [4.78, 5) is 26.2. The van der Waals surface area contributed by atoms with Crippen molar-refractivity contribution in [2.24, 2.45) is 5.92 Å². The molecule has 7 nitrogen and oxygen atoms in total. The molecule has 3 atom stereocenters. The predicted molar refractivity (Wildman–Crippen MR) is 131 cm³/mol. The summed E-state index contributed by atoms with van der Waals surface area (Å²) in [7, 11) is 1.61. The minimum atomic E-state index is -0.676. The lowest BCUT2D eigenvalue weighted by atomic mass is 9.93. The number of anilines is 1. The van der Waals surface area contributed by atoms with Gasteiger partial charge >= 0.3 is 0 Å². The van der Waals surface area contributed by atoms with Crippen molar-refractivity contribution in [2.75, 3.05) is 12.4 Å². The Kier molecular flexibility index (Phi) is 8.54. The molecule has 0 bridgehead atoms. The number of nitrogens with zero attached hydrogens (tertiary/aromatic N) is 2. The summed E-state index contributed by atoms with van der Waals surface area (Å²) in [5.74, 6) is -0.0936. The van der Waals surface area contributed by atoms with E-state index in [1.165, 1.54) is 11.3 Å². The lowest BCUT2D eigenvalue weighted by molar-refractivity contribution is -0.128. The number of ether oxygens (including phenoxy) is 1. The molecular formula is C25H30N4O3S. The predicted octanol–water partition coefficient (Wildman–Crippen LogP) is 4.88. The van der Waals surface area contributed by atoms with Gasteiger partial charge in [-0.15, -0.1) is 10.2 Å². The fourth-order valence-corrected chi connectivity index (χ4v) is 4.29. The van der Waals surface area contributed by atoms with Crippen LogP contribution in [0, 0.1) is 5.92 Å². The summed E-state index contributed by atoms with van der Waals surface area (Å²) >= 11 is 1.27. The normalized spacial score (nSPS) is 13.6. The van der Waals surface area contributed by atoms with Crippen molar-refractivity contribution in [3.8, 4) is 16.3 Å². The number of carbonyl (C=O) groups excluding carboxylic acids is 2. The first-order valence-electron chi connectivity index (χ1n) is 11.1. The van der Waals surface area contributed by atoms with Gasteiger partial charge in [0, 0.05) is 5.56 Å². The van der Waals surface area contributed by atoms with E-state index in [9.17, 15) is 9.59 Å². The molecule has 2 N–H and O–H groups in total. The molecule has 0 unspecified atom stereocenters. The summed E-state index contributed by atoms with van der Waals surface area (Å²) in [6.45, 7) is 5.92. The highest BCUT2D eigenvalue weighted by Crippen LogP contribution is 2.29. The molecule has 1 aromatic heterocycles. The largest absolute Gasteiger partial charge is 0.497 e. The number of benzene rings is 2. The minimum Gasteiger partial charge on any atom is -0.497 e. The van der Waals surface area contributed by atoms with E-state index in [-0.39, 0.29) is 23.7 Å². The van der Waals surface area contributed by atoms with E-state index in [1.54, 1.807) is 7.11 Å². The van der Waals surface area contributed by atoms with Crippen LogP contribution in [0.15, 0.2) is 54.6 Å². The van der Waals surface area contributed by atoms with Gasteiger partial charge in [-0.1, -0.05) is 81.0 Å². The van der Waals surface area contributed by atoms with Crippen LogP contribution >= 0.6 is 11.3 Å². The van der Waals surface area contributed by atoms with Gasteiger partial charge in [-0.3, -0.25) is 14.9 Å². The zero-order valence-corrected chi connectivity index (χ0v) is 20.2. The highest BCUT2D eigenvalue weighted by molar-refractivity contribution is 7.18. The molecule has 174 valence electrons. The molecule has 8 heteroatoms. The van der Waals surface area contributed by atoms with E-state index in [4.69, 9.17) is 4.74 Å². The van der Waals surface area contributed by atoms with Crippen molar-refractivity contribution in [3.63, 3.8) is 0 Å². The van der Waals surface area contributed by atoms with Crippen molar-refractivity contribution < 1.29 is 14.3 Å². The molecule has 0 aliphatic rings. The zero-order chi connectivity index (χ0) is 23.8. The average Bonchev–Trinajstić information content (AvgIpc) is 3.31. The average molecular weight is 467 g/mol. The summed E-state index contributed by atoms with van der Waals surface area (Å²) in [6.07, 6.45) is 1.39. The summed E-state index contributed by atoms with van der Waals surface area (Å²) in [5.41, 5.74) is 1.79. The van der Waals surface area contributed by atoms with Gasteiger partial charge < -0.3 is 10.1 Å². The van der Waals surface area contributed by atoms with E-state index in [0.717, 1.165) is 23.3 Å². The first-order valence-corrected chi connectivity index (χ1v) is 11.9. The summed E-state index contributed by atoms with van der Waals surface area (Å²) in [6, 6.07) is 16.5. The maximum atomic E-state index is 13.1. The van der Waals surface area contributed by atoms with Gasteiger partial charge in [-0.2, -0.15) is 0 Å². The number of hydrogen-bond donors (Lipinski definition) is 2. The third kappa shape index (κ3) is 6.16. The number of hydrogen-bond acceptors (Lipinski definition) is 6. The highest BCUT2D eigenvalue weighted by atomic mass is 32.1. The Balaban J connectivity index is 1.73. The minimum absolute atomic E-state index is 0.0481. The van der Waals surface area contributed by atoms with Crippen LogP contribution in [0.25, 0.3) is 10.6 Å². The first kappa shape index (κ1) is 24.4. The molecule has 0 aliphatic carbocycles.